The first kappa shape index (κ1) is 15.7. The Balaban J connectivity index is 2.06. The lowest BCUT2D eigenvalue weighted by molar-refractivity contribution is 0.0822. The van der Waals surface area contributed by atoms with Crippen molar-refractivity contribution in [3.8, 4) is 0 Å². The molecule has 2 heteroatoms. The summed E-state index contributed by atoms with van der Waals surface area (Å²) in [6.07, 6.45) is 1.16. The van der Waals surface area contributed by atoms with Crippen molar-refractivity contribution in [3.05, 3.63) is 71.3 Å². The molecule has 0 bridgehead atoms. The first-order valence-electron chi connectivity index (χ1n) is 7.75. The highest BCUT2D eigenvalue weighted by Gasteiger charge is 2.14. The van der Waals surface area contributed by atoms with Crippen LogP contribution in [0.25, 0.3) is 0 Å². The zero-order valence-corrected chi connectivity index (χ0v) is 13.0. The monoisotopic (exact) mass is 283 g/mol. The fourth-order valence-corrected chi connectivity index (χ4v) is 2.30. The van der Waals surface area contributed by atoms with E-state index < -0.39 is 0 Å². The van der Waals surface area contributed by atoms with Crippen LogP contribution in [0.1, 0.15) is 36.1 Å². The Bertz CT molecular complexity index is 507. The van der Waals surface area contributed by atoms with E-state index in [1.807, 2.05) is 6.07 Å². The van der Waals surface area contributed by atoms with Gasteiger partial charge in [-0.05, 0) is 31.0 Å². The number of hydrogen-bond acceptors (Lipinski definition) is 2. The Morgan fingerprint density at radius 1 is 0.905 bits per heavy atom. The normalized spacial score (nSPS) is 12.3. The molecule has 0 saturated heterocycles. The fraction of sp³-hybridized carbons (Fsp3) is 0.368. The maximum absolute atomic E-state index is 6.14. The minimum Gasteiger partial charge on any atom is -0.367 e. The first-order chi connectivity index (χ1) is 10.3. The molecular formula is C19H25NO. The number of rotatable bonds is 8. The third-order valence-corrected chi connectivity index (χ3v) is 3.47. The van der Waals surface area contributed by atoms with Crippen LogP contribution < -0.4 is 5.32 Å². The molecule has 112 valence electrons. The van der Waals surface area contributed by atoms with E-state index >= 15 is 0 Å². The Hall–Kier alpha value is -1.64. The van der Waals surface area contributed by atoms with Crippen molar-refractivity contribution in [2.75, 3.05) is 19.7 Å². The minimum absolute atomic E-state index is 0.00947. The van der Waals surface area contributed by atoms with Gasteiger partial charge in [-0.2, -0.15) is 0 Å². The van der Waals surface area contributed by atoms with Gasteiger partial charge < -0.3 is 10.1 Å². The summed E-state index contributed by atoms with van der Waals surface area (Å²) in [6.45, 7) is 6.93. The van der Waals surface area contributed by atoms with Gasteiger partial charge in [0.25, 0.3) is 0 Å². The highest BCUT2D eigenvalue weighted by molar-refractivity contribution is 5.31. The van der Waals surface area contributed by atoms with E-state index in [2.05, 4.69) is 67.7 Å². The van der Waals surface area contributed by atoms with Crippen molar-refractivity contribution in [2.45, 2.75) is 26.4 Å². The quantitative estimate of drug-likeness (QED) is 0.736. The van der Waals surface area contributed by atoms with Crippen LogP contribution in [0, 0.1) is 6.92 Å². The highest BCUT2D eigenvalue weighted by atomic mass is 16.5. The molecule has 21 heavy (non-hydrogen) atoms. The van der Waals surface area contributed by atoms with Crippen LogP contribution >= 0.6 is 0 Å². The molecule has 0 amide bonds. The van der Waals surface area contributed by atoms with Crippen LogP contribution in [-0.2, 0) is 4.74 Å². The topological polar surface area (TPSA) is 21.3 Å². The highest BCUT2D eigenvalue weighted by Crippen LogP contribution is 2.25. The van der Waals surface area contributed by atoms with Crippen molar-refractivity contribution in [1.82, 2.24) is 5.32 Å². The molecule has 0 fully saturated rings. The molecule has 2 aromatic carbocycles. The zero-order valence-electron chi connectivity index (χ0n) is 13.0. The van der Waals surface area contributed by atoms with Gasteiger partial charge in [0, 0.05) is 6.54 Å². The van der Waals surface area contributed by atoms with Crippen LogP contribution in [0.15, 0.2) is 54.6 Å². The summed E-state index contributed by atoms with van der Waals surface area (Å²) in [5, 5.41) is 3.38. The van der Waals surface area contributed by atoms with Crippen LogP contribution in [0.3, 0.4) is 0 Å². The molecule has 0 aliphatic rings. The van der Waals surface area contributed by atoms with E-state index in [0.717, 1.165) is 19.5 Å². The summed E-state index contributed by atoms with van der Waals surface area (Å²) in [5.41, 5.74) is 3.69. The molecule has 1 atom stereocenters. The van der Waals surface area contributed by atoms with Crippen LogP contribution in [0.2, 0.25) is 0 Å². The van der Waals surface area contributed by atoms with Gasteiger partial charge in [0.2, 0.25) is 0 Å². The van der Waals surface area contributed by atoms with Gasteiger partial charge in [0.15, 0.2) is 0 Å². The predicted molar refractivity (Wildman–Crippen MR) is 88.6 cm³/mol. The lowest BCUT2D eigenvalue weighted by atomic mass is 10.0. The minimum atomic E-state index is 0.00947. The molecule has 0 aliphatic heterocycles. The first-order valence-corrected chi connectivity index (χ1v) is 7.75. The third-order valence-electron chi connectivity index (χ3n) is 3.47. The Kier molecular flexibility index (Phi) is 6.45. The second-order valence-corrected chi connectivity index (χ2v) is 5.32. The Labute approximate surface area is 128 Å². The number of benzene rings is 2. The van der Waals surface area contributed by atoms with Gasteiger partial charge in [0.1, 0.15) is 6.10 Å². The summed E-state index contributed by atoms with van der Waals surface area (Å²) in [6, 6.07) is 19.0. The molecule has 0 saturated carbocycles. The molecular weight excluding hydrogens is 258 g/mol. The maximum atomic E-state index is 6.14. The van der Waals surface area contributed by atoms with Gasteiger partial charge >= 0.3 is 0 Å². The summed E-state index contributed by atoms with van der Waals surface area (Å²) >= 11 is 0. The number of hydrogen-bond donors (Lipinski definition) is 1. The SMILES string of the molecule is CCCNCCO[C@@H](c1ccccc1)c1ccc(C)cc1. The van der Waals surface area contributed by atoms with E-state index in [0.29, 0.717) is 6.61 Å². The van der Waals surface area contributed by atoms with Crippen molar-refractivity contribution in [2.24, 2.45) is 0 Å². The largest absolute Gasteiger partial charge is 0.367 e. The fourth-order valence-electron chi connectivity index (χ4n) is 2.30. The molecule has 0 unspecified atom stereocenters. The summed E-state index contributed by atoms with van der Waals surface area (Å²) in [5.74, 6) is 0. The Morgan fingerprint density at radius 2 is 1.57 bits per heavy atom. The van der Waals surface area contributed by atoms with Crippen molar-refractivity contribution in [3.63, 3.8) is 0 Å². The van der Waals surface area contributed by atoms with Crippen molar-refractivity contribution >= 4 is 0 Å². The maximum Gasteiger partial charge on any atom is 0.108 e. The summed E-state index contributed by atoms with van der Waals surface area (Å²) < 4.78 is 6.14. The lowest BCUT2D eigenvalue weighted by Gasteiger charge is -2.19. The molecule has 2 rings (SSSR count). The average Bonchev–Trinajstić information content (AvgIpc) is 2.53. The smallest absolute Gasteiger partial charge is 0.108 e. The van der Waals surface area contributed by atoms with Gasteiger partial charge in [-0.1, -0.05) is 67.1 Å². The van der Waals surface area contributed by atoms with E-state index in [9.17, 15) is 0 Å². The molecule has 2 aromatic rings. The number of ether oxygens (including phenoxy) is 1. The predicted octanol–water partition coefficient (Wildman–Crippen LogP) is 4.10. The van der Waals surface area contributed by atoms with Crippen LogP contribution in [0.5, 0.6) is 0 Å². The molecule has 2 nitrogen and oxygen atoms in total. The van der Waals surface area contributed by atoms with Gasteiger partial charge in [-0.15, -0.1) is 0 Å². The second kappa shape index (κ2) is 8.60. The molecule has 0 spiro atoms. The summed E-state index contributed by atoms with van der Waals surface area (Å²) in [4.78, 5) is 0. The zero-order chi connectivity index (χ0) is 14.9. The van der Waals surface area contributed by atoms with Gasteiger partial charge in [-0.3, -0.25) is 0 Å². The molecule has 1 N–H and O–H groups in total. The van der Waals surface area contributed by atoms with Crippen LogP contribution in [0.4, 0.5) is 0 Å². The van der Waals surface area contributed by atoms with Crippen LogP contribution in [-0.4, -0.2) is 19.7 Å². The third kappa shape index (κ3) is 5.00. The number of aryl methyl sites for hydroxylation is 1. The van der Waals surface area contributed by atoms with E-state index in [1.54, 1.807) is 0 Å². The van der Waals surface area contributed by atoms with E-state index in [4.69, 9.17) is 4.74 Å². The van der Waals surface area contributed by atoms with E-state index in [-0.39, 0.29) is 6.10 Å². The van der Waals surface area contributed by atoms with E-state index in [1.165, 1.54) is 16.7 Å². The second-order valence-electron chi connectivity index (χ2n) is 5.32. The van der Waals surface area contributed by atoms with Crippen molar-refractivity contribution in [1.29, 1.82) is 0 Å². The Morgan fingerprint density at radius 3 is 2.24 bits per heavy atom. The number of nitrogens with one attached hydrogen (secondary N) is 1. The molecule has 0 aromatic heterocycles. The van der Waals surface area contributed by atoms with Crippen molar-refractivity contribution < 1.29 is 4.74 Å². The molecule has 0 heterocycles. The summed E-state index contributed by atoms with van der Waals surface area (Å²) in [7, 11) is 0. The molecule has 0 radical (unpaired) electrons. The average molecular weight is 283 g/mol. The van der Waals surface area contributed by atoms with Gasteiger partial charge in [-0.25, -0.2) is 0 Å². The standard InChI is InChI=1S/C19H25NO/c1-3-13-20-14-15-21-19(17-7-5-4-6-8-17)18-11-9-16(2)10-12-18/h4-12,19-20H,3,13-15H2,1-2H3/t19-/m0/s1. The molecule has 0 aliphatic carbocycles. The van der Waals surface area contributed by atoms with Gasteiger partial charge in [0.05, 0.1) is 6.61 Å². The lowest BCUT2D eigenvalue weighted by Crippen LogP contribution is -2.21.